The van der Waals surface area contributed by atoms with Gasteiger partial charge in [-0.25, -0.2) is 4.39 Å². The average Bonchev–Trinajstić information content (AvgIpc) is 2.61. The summed E-state index contributed by atoms with van der Waals surface area (Å²) in [6.45, 7) is 1.22. The van der Waals surface area contributed by atoms with Gasteiger partial charge in [0.2, 0.25) is 5.91 Å². The molecule has 5 nitrogen and oxygen atoms in total. The van der Waals surface area contributed by atoms with Crippen molar-refractivity contribution in [1.29, 1.82) is 0 Å². The number of aromatic nitrogens is 1. The molecular weight excluding hydrogens is 341 g/mol. The predicted molar refractivity (Wildman–Crippen MR) is 98.6 cm³/mol. The fraction of sp³-hybridized carbons (Fsp3) is 0.333. The normalized spacial score (nSPS) is 17.2. The standard InChI is InChI=1S/C18H20FN3O2S/c19-14-5-3-13(4-6-14)11-22-8-1-2-16(18(22)24)21-17(23)10-15-12-25-9-7-20-15/h1-6,8,15,20H,7,9-12H2,(H,21,23). The van der Waals surface area contributed by atoms with Gasteiger partial charge >= 0.3 is 0 Å². The SMILES string of the molecule is O=C(CC1CSCCN1)Nc1cccn(Cc2ccc(F)cc2)c1=O. The fourth-order valence-corrected chi connectivity index (χ4v) is 3.67. The average molecular weight is 361 g/mol. The predicted octanol–water partition coefficient (Wildman–Crippen LogP) is 2.07. The fourth-order valence-electron chi connectivity index (χ4n) is 2.72. The highest BCUT2D eigenvalue weighted by Gasteiger charge is 2.17. The number of anilines is 1. The zero-order chi connectivity index (χ0) is 17.6. The van der Waals surface area contributed by atoms with E-state index in [0.717, 1.165) is 23.6 Å². The van der Waals surface area contributed by atoms with Gasteiger partial charge < -0.3 is 15.2 Å². The first kappa shape index (κ1) is 17.7. The van der Waals surface area contributed by atoms with E-state index in [4.69, 9.17) is 0 Å². The number of rotatable bonds is 5. The molecule has 25 heavy (non-hydrogen) atoms. The summed E-state index contributed by atoms with van der Waals surface area (Å²) in [5, 5.41) is 6.01. The Morgan fingerprint density at radius 3 is 2.84 bits per heavy atom. The van der Waals surface area contributed by atoms with Crippen LogP contribution in [-0.2, 0) is 11.3 Å². The molecule has 1 saturated heterocycles. The lowest BCUT2D eigenvalue weighted by Gasteiger charge is -2.22. The van der Waals surface area contributed by atoms with Crippen molar-refractivity contribution < 1.29 is 9.18 Å². The van der Waals surface area contributed by atoms with Crippen LogP contribution in [0.2, 0.25) is 0 Å². The van der Waals surface area contributed by atoms with E-state index in [9.17, 15) is 14.0 Å². The number of hydrogen-bond acceptors (Lipinski definition) is 4. The van der Waals surface area contributed by atoms with Crippen LogP contribution in [0.15, 0.2) is 47.4 Å². The highest BCUT2D eigenvalue weighted by atomic mass is 32.2. The molecule has 1 amide bonds. The van der Waals surface area contributed by atoms with Crippen LogP contribution >= 0.6 is 11.8 Å². The third kappa shape index (κ3) is 4.93. The number of hydrogen-bond donors (Lipinski definition) is 2. The van der Waals surface area contributed by atoms with Crippen molar-refractivity contribution in [2.24, 2.45) is 0 Å². The Bertz CT molecular complexity index is 786. The molecule has 1 aliphatic rings. The second kappa shape index (κ2) is 8.31. The molecule has 132 valence electrons. The van der Waals surface area contributed by atoms with E-state index in [2.05, 4.69) is 10.6 Å². The number of thioether (sulfide) groups is 1. The van der Waals surface area contributed by atoms with E-state index in [0.29, 0.717) is 13.0 Å². The summed E-state index contributed by atoms with van der Waals surface area (Å²) >= 11 is 1.82. The van der Waals surface area contributed by atoms with E-state index < -0.39 is 0 Å². The quantitative estimate of drug-likeness (QED) is 0.856. The van der Waals surface area contributed by atoms with Crippen LogP contribution in [0, 0.1) is 5.82 Å². The Morgan fingerprint density at radius 1 is 1.32 bits per heavy atom. The molecule has 2 heterocycles. The Morgan fingerprint density at radius 2 is 2.12 bits per heavy atom. The molecule has 0 bridgehead atoms. The summed E-state index contributed by atoms with van der Waals surface area (Å²) < 4.78 is 14.5. The number of carbonyl (C=O) groups excluding carboxylic acids is 1. The minimum atomic E-state index is -0.313. The van der Waals surface area contributed by atoms with E-state index in [-0.39, 0.29) is 29.0 Å². The molecule has 1 atom stereocenters. The van der Waals surface area contributed by atoms with Crippen LogP contribution in [0.4, 0.5) is 10.1 Å². The monoisotopic (exact) mass is 361 g/mol. The first-order chi connectivity index (χ1) is 12.1. The molecule has 1 aliphatic heterocycles. The van der Waals surface area contributed by atoms with Crippen molar-refractivity contribution in [3.63, 3.8) is 0 Å². The maximum atomic E-state index is 13.0. The molecule has 1 aromatic carbocycles. The van der Waals surface area contributed by atoms with Crippen molar-refractivity contribution in [3.05, 3.63) is 64.3 Å². The van der Waals surface area contributed by atoms with Gasteiger partial charge in [0.25, 0.3) is 5.56 Å². The topological polar surface area (TPSA) is 63.1 Å². The van der Waals surface area contributed by atoms with Gasteiger partial charge in [-0.2, -0.15) is 11.8 Å². The third-order valence-corrected chi connectivity index (χ3v) is 5.12. The molecule has 1 unspecified atom stereocenters. The minimum absolute atomic E-state index is 0.143. The maximum absolute atomic E-state index is 13.0. The second-order valence-corrected chi connectivity index (χ2v) is 7.11. The van der Waals surface area contributed by atoms with Crippen molar-refractivity contribution >= 4 is 23.4 Å². The van der Waals surface area contributed by atoms with Gasteiger partial charge in [-0.1, -0.05) is 12.1 Å². The number of pyridine rings is 1. The van der Waals surface area contributed by atoms with Crippen LogP contribution in [-0.4, -0.2) is 34.6 Å². The number of nitrogens with one attached hydrogen (secondary N) is 2. The molecule has 2 N–H and O–H groups in total. The summed E-state index contributed by atoms with van der Waals surface area (Å²) in [6.07, 6.45) is 2.00. The van der Waals surface area contributed by atoms with Gasteiger partial charge in [0.15, 0.2) is 0 Å². The molecular formula is C18H20FN3O2S. The van der Waals surface area contributed by atoms with Crippen LogP contribution in [0.25, 0.3) is 0 Å². The van der Waals surface area contributed by atoms with Gasteiger partial charge in [-0.15, -0.1) is 0 Å². The lowest BCUT2D eigenvalue weighted by atomic mass is 10.2. The Balaban J connectivity index is 1.66. The number of carbonyl (C=O) groups is 1. The van der Waals surface area contributed by atoms with Gasteiger partial charge in [-0.3, -0.25) is 9.59 Å². The van der Waals surface area contributed by atoms with Gasteiger partial charge in [0.1, 0.15) is 11.5 Å². The summed E-state index contributed by atoms with van der Waals surface area (Å²) in [4.78, 5) is 24.7. The first-order valence-electron chi connectivity index (χ1n) is 8.17. The number of benzene rings is 1. The summed E-state index contributed by atoms with van der Waals surface area (Å²) in [7, 11) is 0. The molecule has 0 aliphatic carbocycles. The smallest absolute Gasteiger partial charge is 0.274 e. The molecule has 1 aromatic heterocycles. The minimum Gasteiger partial charge on any atom is -0.321 e. The molecule has 1 fully saturated rings. The van der Waals surface area contributed by atoms with Gasteiger partial charge in [0.05, 0.1) is 6.54 Å². The Labute approximate surface area is 149 Å². The van der Waals surface area contributed by atoms with Gasteiger partial charge in [0, 0.05) is 36.7 Å². The van der Waals surface area contributed by atoms with Crippen molar-refractivity contribution in [1.82, 2.24) is 9.88 Å². The summed E-state index contributed by atoms with van der Waals surface area (Å²) in [6, 6.07) is 9.46. The van der Waals surface area contributed by atoms with E-state index >= 15 is 0 Å². The molecule has 3 rings (SSSR count). The highest BCUT2D eigenvalue weighted by Crippen LogP contribution is 2.11. The third-order valence-electron chi connectivity index (χ3n) is 3.99. The van der Waals surface area contributed by atoms with E-state index in [1.165, 1.54) is 16.7 Å². The second-order valence-electron chi connectivity index (χ2n) is 5.96. The van der Waals surface area contributed by atoms with Crippen LogP contribution in [0.1, 0.15) is 12.0 Å². The molecule has 2 aromatic rings. The van der Waals surface area contributed by atoms with Crippen molar-refractivity contribution in [2.75, 3.05) is 23.4 Å². The van der Waals surface area contributed by atoms with Crippen molar-refractivity contribution in [2.45, 2.75) is 19.0 Å². The molecule has 0 saturated carbocycles. The first-order valence-corrected chi connectivity index (χ1v) is 9.32. The highest BCUT2D eigenvalue weighted by molar-refractivity contribution is 7.99. The van der Waals surface area contributed by atoms with Crippen molar-refractivity contribution in [3.8, 4) is 0 Å². The largest absolute Gasteiger partial charge is 0.321 e. The Hall–Kier alpha value is -2.12. The number of nitrogens with zero attached hydrogens (tertiary/aromatic N) is 1. The van der Waals surface area contributed by atoms with Crippen LogP contribution in [0.3, 0.4) is 0 Å². The van der Waals surface area contributed by atoms with E-state index in [1.807, 2.05) is 11.8 Å². The lowest BCUT2D eigenvalue weighted by molar-refractivity contribution is -0.116. The Kier molecular flexibility index (Phi) is 5.88. The van der Waals surface area contributed by atoms with Crippen LogP contribution < -0.4 is 16.2 Å². The molecule has 0 spiro atoms. The molecule has 7 heteroatoms. The lowest BCUT2D eigenvalue weighted by Crippen LogP contribution is -2.40. The van der Waals surface area contributed by atoms with Gasteiger partial charge in [-0.05, 0) is 29.8 Å². The zero-order valence-corrected chi connectivity index (χ0v) is 14.5. The zero-order valence-electron chi connectivity index (χ0n) is 13.7. The van der Waals surface area contributed by atoms with E-state index in [1.54, 1.807) is 30.5 Å². The van der Waals surface area contributed by atoms with Crippen LogP contribution in [0.5, 0.6) is 0 Å². The number of halogens is 1. The summed E-state index contributed by atoms with van der Waals surface area (Å²) in [5.74, 6) is 1.48. The molecule has 0 radical (unpaired) electrons. The number of amides is 1. The maximum Gasteiger partial charge on any atom is 0.274 e. The summed E-state index contributed by atoms with van der Waals surface area (Å²) in [5.41, 5.74) is 0.805.